The highest BCUT2D eigenvalue weighted by atomic mass is 79.9. The number of pyridine rings is 1. The molecule has 2 aromatic heterocycles. The molecule has 1 N–H and O–H groups in total. The van der Waals surface area contributed by atoms with Crippen molar-refractivity contribution in [1.29, 1.82) is 0 Å². The first-order chi connectivity index (χ1) is 8.89. The van der Waals surface area contributed by atoms with Gasteiger partial charge in [0.15, 0.2) is 0 Å². The maximum Gasteiger partial charge on any atom is 0.417 e. The molecule has 0 saturated heterocycles. The summed E-state index contributed by atoms with van der Waals surface area (Å²) in [5, 5.41) is 5.53. The van der Waals surface area contributed by atoms with E-state index in [1.165, 1.54) is 6.20 Å². The van der Waals surface area contributed by atoms with Crippen LogP contribution in [0.25, 0.3) is 0 Å². The third kappa shape index (κ3) is 2.92. The molecule has 1 amide bonds. The van der Waals surface area contributed by atoms with Crippen molar-refractivity contribution >= 4 is 27.7 Å². The number of carbonyl (C=O) groups is 1. The van der Waals surface area contributed by atoms with Crippen LogP contribution in [-0.2, 0) is 6.18 Å². The number of nitrogens with one attached hydrogen (secondary N) is 1. The van der Waals surface area contributed by atoms with Crippen molar-refractivity contribution < 1.29 is 22.5 Å². The minimum absolute atomic E-state index is 0.0815. The van der Waals surface area contributed by atoms with Gasteiger partial charge >= 0.3 is 6.18 Å². The van der Waals surface area contributed by atoms with Crippen molar-refractivity contribution in [1.82, 2.24) is 10.1 Å². The Balaban J connectivity index is 2.32. The summed E-state index contributed by atoms with van der Waals surface area (Å²) in [5.41, 5.74) is -1.67. The predicted octanol–water partition coefficient (Wildman–Crippen LogP) is 3.10. The zero-order valence-electron chi connectivity index (χ0n) is 9.03. The van der Waals surface area contributed by atoms with Crippen LogP contribution in [-0.4, -0.2) is 16.0 Å². The smallest absolute Gasteiger partial charge is 0.337 e. The molecule has 0 atom stereocenters. The highest BCUT2D eigenvalue weighted by Gasteiger charge is 2.35. The van der Waals surface area contributed by atoms with E-state index in [1.54, 1.807) is 0 Å². The van der Waals surface area contributed by atoms with Gasteiger partial charge in [0.2, 0.25) is 5.88 Å². The molecule has 2 rings (SSSR count). The Morgan fingerprint density at radius 2 is 2.11 bits per heavy atom. The molecule has 0 aliphatic carbocycles. The Hall–Kier alpha value is -1.90. The van der Waals surface area contributed by atoms with Crippen molar-refractivity contribution in [2.24, 2.45) is 0 Å². The number of alkyl halides is 3. The first-order valence-corrected chi connectivity index (χ1v) is 5.61. The van der Waals surface area contributed by atoms with Crippen LogP contribution in [0.3, 0.4) is 0 Å². The van der Waals surface area contributed by atoms with Gasteiger partial charge < -0.3 is 4.52 Å². The van der Waals surface area contributed by atoms with E-state index >= 15 is 0 Å². The number of rotatable bonds is 2. The van der Waals surface area contributed by atoms with Crippen LogP contribution in [0.15, 0.2) is 33.7 Å². The summed E-state index contributed by atoms with van der Waals surface area (Å²) in [7, 11) is 0. The molecule has 0 aliphatic rings. The zero-order chi connectivity index (χ0) is 14.0. The van der Waals surface area contributed by atoms with Gasteiger partial charge in [0.05, 0.1) is 17.3 Å². The molecule has 2 aromatic rings. The maximum atomic E-state index is 12.7. The van der Waals surface area contributed by atoms with Crippen molar-refractivity contribution in [3.8, 4) is 0 Å². The second-order valence-corrected chi connectivity index (χ2v) is 4.23. The summed E-state index contributed by atoms with van der Waals surface area (Å²) < 4.78 is 43.1. The third-order valence-corrected chi connectivity index (χ3v) is 2.69. The Labute approximate surface area is 112 Å². The zero-order valence-corrected chi connectivity index (χ0v) is 10.6. The lowest BCUT2D eigenvalue weighted by molar-refractivity contribution is -0.138. The molecule has 19 heavy (non-hydrogen) atoms. The number of hydrogen-bond donors (Lipinski definition) is 1. The lowest BCUT2D eigenvalue weighted by Crippen LogP contribution is -2.19. The van der Waals surface area contributed by atoms with Gasteiger partial charge in [-0.05, 0) is 22.0 Å². The first kappa shape index (κ1) is 13.5. The van der Waals surface area contributed by atoms with E-state index in [-0.39, 0.29) is 5.88 Å². The monoisotopic (exact) mass is 335 g/mol. The molecule has 0 radical (unpaired) electrons. The first-order valence-electron chi connectivity index (χ1n) is 4.82. The fraction of sp³-hybridized carbons (Fsp3) is 0.100. The Morgan fingerprint density at radius 1 is 1.37 bits per heavy atom. The van der Waals surface area contributed by atoms with E-state index in [2.05, 4.69) is 35.9 Å². The molecule has 0 aromatic carbocycles. The summed E-state index contributed by atoms with van der Waals surface area (Å²) in [4.78, 5) is 15.3. The summed E-state index contributed by atoms with van der Waals surface area (Å²) >= 11 is 3.02. The van der Waals surface area contributed by atoms with Gasteiger partial charge in [-0.1, -0.05) is 5.16 Å². The molecule has 2 heterocycles. The summed E-state index contributed by atoms with van der Waals surface area (Å²) in [5.74, 6) is -1.07. The molecule has 0 aliphatic heterocycles. The highest BCUT2D eigenvalue weighted by molar-refractivity contribution is 9.10. The molecule has 0 spiro atoms. The van der Waals surface area contributed by atoms with Crippen LogP contribution < -0.4 is 5.32 Å². The van der Waals surface area contributed by atoms with E-state index in [1.807, 2.05) is 0 Å². The Bertz CT molecular complexity index is 612. The second kappa shape index (κ2) is 5.00. The topological polar surface area (TPSA) is 68.0 Å². The fourth-order valence-corrected chi connectivity index (χ4v) is 1.56. The van der Waals surface area contributed by atoms with Crippen molar-refractivity contribution in [3.05, 3.63) is 40.3 Å². The van der Waals surface area contributed by atoms with Gasteiger partial charge in [0.25, 0.3) is 5.91 Å². The van der Waals surface area contributed by atoms with E-state index < -0.39 is 23.2 Å². The Kier molecular flexibility index (Phi) is 3.56. The van der Waals surface area contributed by atoms with Crippen LogP contribution >= 0.6 is 15.9 Å². The number of amides is 1. The summed E-state index contributed by atoms with van der Waals surface area (Å²) in [6, 6.07) is 0.727. The van der Waals surface area contributed by atoms with E-state index in [0.717, 1.165) is 18.5 Å². The van der Waals surface area contributed by atoms with Crippen molar-refractivity contribution in [3.63, 3.8) is 0 Å². The second-order valence-electron chi connectivity index (χ2n) is 3.38. The number of nitrogens with zero attached hydrogens (tertiary/aromatic N) is 2. The van der Waals surface area contributed by atoms with Gasteiger partial charge in [-0.25, -0.2) is 0 Å². The van der Waals surface area contributed by atoms with Crippen LogP contribution in [0.4, 0.5) is 19.1 Å². The quantitative estimate of drug-likeness (QED) is 0.915. The minimum Gasteiger partial charge on any atom is -0.337 e. The molecular weight excluding hydrogens is 331 g/mol. The molecule has 0 saturated carbocycles. The average Bonchev–Trinajstić information content (AvgIpc) is 2.74. The molecular formula is C10H5BrF3N3O2. The van der Waals surface area contributed by atoms with Crippen LogP contribution in [0.1, 0.15) is 15.9 Å². The Morgan fingerprint density at radius 3 is 2.68 bits per heavy atom. The molecule has 5 nitrogen and oxygen atoms in total. The lowest BCUT2D eigenvalue weighted by atomic mass is 10.1. The van der Waals surface area contributed by atoms with E-state index in [9.17, 15) is 18.0 Å². The van der Waals surface area contributed by atoms with Gasteiger partial charge in [0.1, 0.15) is 4.47 Å². The normalized spacial score (nSPS) is 11.4. The minimum atomic E-state index is -4.64. The van der Waals surface area contributed by atoms with E-state index in [0.29, 0.717) is 4.47 Å². The molecule has 0 fully saturated rings. The number of aromatic nitrogens is 2. The van der Waals surface area contributed by atoms with Crippen LogP contribution in [0.5, 0.6) is 0 Å². The van der Waals surface area contributed by atoms with Gasteiger partial charge in [-0.3, -0.25) is 15.1 Å². The largest absolute Gasteiger partial charge is 0.417 e. The van der Waals surface area contributed by atoms with E-state index in [4.69, 9.17) is 0 Å². The molecule has 0 bridgehead atoms. The fourth-order valence-electron chi connectivity index (χ4n) is 1.30. The number of halogens is 4. The average molecular weight is 336 g/mol. The third-order valence-electron chi connectivity index (χ3n) is 2.13. The SMILES string of the molecule is O=C(Nc1oncc1Br)c1cnccc1C(F)(F)F. The maximum absolute atomic E-state index is 12.7. The predicted molar refractivity (Wildman–Crippen MR) is 61.4 cm³/mol. The number of hydrogen-bond acceptors (Lipinski definition) is 4. The number of anilines is 1. The molecule has 0 unspecified atom stereocenters. The van der Waals surface area contributed by atoms with Crippen LogP contribution in [0.2, 0.25) is 0 Å². The number of carbonyl (C=O) groups excluding carboxylic acids is 1. The molecule has 100 valence electrons. The van der Waals surface area contributed by atoms with Crippen molar-refractivity contribution in [2.45, 2.75) is 6.18 Å². The van der Waals surface area contributed by atoms with Crippen LogP contribution in [0, 0.1) is 0 Å². The standard InChI is InChI=1S/C10H5BrF3N3O2/c11-7-4-16-19-9(7)17-8(18)5-3-15-2-1-6(5)10(12,13)14/h1-4H,(H,17,18). The van der Waals surface area contributed by atoms with Crippen molar-refractivity contribution in [2.75, 3.05) is 5.32 Å². The summed E-state index contributed by atoms with van der Waals surface area (Å²) in [6.07, 6.45) is -1.59. The van der Waals surface area contributed by atoms with Gasteiger partial charge in [-0.15, -0.1) is 0 Å². The summed E-state index contributed by atoms with van der Waals surface area (Å²) in [6.45, 7) is 0. The lowest BCUT2D eigenvalue weighted by Gasteiger charge is -2.11. The highest BCUT2D eigenvalue weighted by Crippen LogP contribution is 2.32. The van der Waals surface area contributed by atoms with Gasteiger partial charge in [0, 0.05) is 12.4 Å². The molecule has 9 heteroatoms. The van der Waals surface area contributed by atoms with Gasteiger partial charge in [-0.2, -0.15) is 13.2 Å².